The van der Waals surface area contributed by atoms with Gasteiger partial charge in [0.25, 0.3) is 0 Å². The average Bonchev–Trinajstić information content (AvgIpc) is 3.22. The Bertz CT molecular complexity index is 1150. The zero-order valence-corrected chi connectivity index (χ0v) is 16.4. The van der Waals surface area contributed by atoms with Gasteiger partial charge in [-0.15, -0.1) is 0 Å². The van der Waals surface area contributed by atoms with Crippen LogP contribution >= 0.6 is 0 Å². The van der Waals surface area contributed by atoms with E-state index in [-0.39, 0.29) is 0 Å². The number of pyridine rings is 1. The molecule has 0 aliphatic carbocycles. The van der Waals surface area contributed by atoms with Crippen molar-refractivity contribution in [2.75, 3.05) is 36.5 Å². The van der Waals surface area contributed by atoms with Gasteiger partial charge >= 0.3 is 0 Å². The summed E-state index contributed by atoms with van der Waals surface area (Å²) in [5.74, 6) is 0.971. The highest BCUT2D eigenvalue weighted by Crippen LogP contribution is 2.29. The molecule has 0 saturated carbocycles. The van der Waals surface area contributed by atoms with E-state index in [1.54, 1.807) is 0 Å². The molecule has 5 rings (SSSR count). The van der Waals surface area contributed by atoms with Crippen LogP contribution in [0.3, 0.4) is 0 Å². The number of nitrogens with zero attached hydrogens (tertiary/aromatic N) is 3. The normalized spacial score (nSPS) is 14.3. The Morgan fingerprint density at radius 2 is 1.90 bits per heavy atom. The van der Waals surface area contributed by atoms with E-state index in [0.29, 0.717) is 0 Å². The zero-order valence-electron chi connectivity index (χ0n) is 16.4. The number of aryl methyl sites for hydroxylation is 1. The minimum Gasteiger partial charge on any atom is -0.378 e. The van der Waals surface area contributed by atoms with E-state index in [9.17, 15) is 0 Å². The van der Waals surface area contributed by atoms with Crippen molar-refractivity contribution in [2.45, 2.75) is 6.92 Å². The lowest BCUT2D eigenvalue weighted by Crippen LogP contribution is -2.36. The third-order valence-electron chi connectivity index (χ3n) is 5.19. The van der Waals surface area contributed by atoms with Crippen LogP contribution < -0.4 is 10.2 Å². The summed E-state index contributed by atoms with van der Waals surface area (Å²) in [6.45, 7) is 5.27. The molecule has 1 fully saturated rings. The topological polar surface area (TPSA) is 66.1 Å². The lowest BCUT2D eigenvalue weighted by Gasteiger charge is -2.28. The highest BCUT2D eigenvalue weighted by Gasteiger charge is 2.15. The lowest BCUT2D eigenvalue weighted by molar-refractivity contribution is 0.122. The quantitative estimate of drug-likeness (QED) is 0.541. The summed E-state index contributed by atoms with van der Waals surface area (Å²) in [5.41, 5.74) is 6.37. The van der Waals surface area contributed by atoms with Crippen molar-refractivity contribution in [1.29, 1.82) is 0 Å². The number of fused-ring (bicyclic) bond motifs is 1. The fourth-order valence-electron chi connectivity index (χ4n) is 3.68. The molecule has 0 spiro atoms. The van der Waals surface area contributed by atoms with E-state index < -0.39 is 0 Å². The van der Waals surface area contributed by atoms with Crippen LogP contribution in [0, 0.1) is 6.92 Å². The van der Waals surface area contributed by atoms with Crippen LogP contribution in [0.5, 0.6) is 0 Å². The van der Waals surface area contributed by atoms with E-state index >= 15 is 0 Å². The Balaban J connectivity index is 1.54. The van der Waals surface area contributed by atoms with E-state index in [2.05, 4.69) is 75.9 Å². The van der Waals surface area contributed by atoms with E-state index in [1.165, 1.54) is 5.56 Å². The maximum Gasteiger partial charge on any atom is 0.131 e. The average molecular weight is 385 g/mol. The summed E-state index contributed by atoms with van der Waals surface area (Å²) in [6, 6.07) is 18.9. The highest BCUT2D eigenvalue weighted by molar-refractivity contribution is 5.83. The van der Waals surface area contributed by atoms with Gasteiger partial charge in [0.15, 0.2) is 0 Å². The number of benzene rings is 2. The Hall–Kier alpha value is -3.38. The standard InChI is InChI=1S/C23H23N5O/c1-16-3-2-4-17(11-16)22-13-20(14-23(26-22)28-7-9-29-10-8-28)25-19-5-6-21-18(12-19)15-24-27-21/h2-6,11-15H,7-10H2,1H3,(H,24,27)(H,25,26). The van der Waals surface area contributed by atoms with Crippen LogP contribution in [0.25, 0.3) is 22.2 Å². The van der Waals surface area contributed by atoms with Gasteiger partial charge in [0.1, 0.15) is 5.82 Å². The fraction of sp³-hybridized carbons (Fsp3) is 0.217. The molecule has 0 radical (unpaired) electrons. The zero-order chi connectivity index (χ0) is 19.6. The number of aromatic nitrogens is 3. The van der Waals surface area contributed by atoms with Crippen molar-refractivity contribution in [2.24, 2.45) is 0 Å². The molecule has 0 atom stereocenters. The van der Waals surface area contributed by atoms with Gasteiger partial charge in [0.05, 0.1) is 30.6 Å². The van der Waals surface area contributed by atoms with Crippen molar-refractivity contribution in [3.63, 3.8) is 0 Å². The predicted molar refractivity (Wildman–Crippen MR) is 117 cm³/mol. The van der Waals surface area contributed by atoms with Gasteiger partial charge in [-0.1, -0.05) is 23.8 Å². The molecule has 3 heterocycles. The highest BCUT2D eigenvalue weighted by atomic mass is 16.5. The first kappa shape index (κ1) is 17.7. The van der Waals surface area contributed by atoms with Crippen molar-refractivity contribution in [1.82, 2.24) is 15.2 Å². The number of ether oxygens (including phenoxy) is 1. The maximum atomic E-state index is 5.52. The van der Waals surface area contributed by atoms with Gasteiger partial charge in [0.2, 0.25) is 0 Å². The first-order valence-corrected chi connectivity index (χ1v) is 9.87. The van der Waals surface area contributed by atoms with Gasteiger partial charge in [0, 0.05) is 41.5 Å². The lowest BCUT2D eigenvalue weighted by atomic mass is 10.1. The SMILES string of the molecule is Cc1cccc(-c2cc(Nc3ccc4[nH]ncc4c3)cc(N3CCOCC3)n2)c1. The summed E-state index contributed by atoms with van der Waals surface area (Å²) >= 11 is 0. The molecular weight excluding hydrogens is 362 g/mol. The second-order valence-corrected chi connectivity index (χ2v) is 7.37. The molecule has 2 aromatic carbocycles. The number of anilines is 3. The van der Waals surface area contributed by atoms with E-state index in [0.717, 1.165) is 65.7 Å². The summed E-state index contributed by atoms with van der Waals surface area (Å²) in [4.78, 5) is 7.25. The minimum atomic E-state index is 0.732. The van der Waals surface area contributed by atoms with Gasteiger partial charge in [-0.3, -0.25) is 5.10 Å². The molecule has 0 amide bonds. The summed E-state index contributed by atoms with van der Waals surface area (Å²) in [7, 11) is 0. The Kier molecular flexibility index (Phi) is 4.62. The number of nitrogens with one attached hydrogen (secondary N) is 2. The molecule has 29 heavy (non-hydrogen) atoms. The Morgan fingerprint density at radius 3 is 2.76 bits per heavy atom. The van der Waals surface area contributed by atoms with Gasteiger partial charge in [-0.05, 0) is 37.3 Å². The number of rotatable bonds is 4. The van der Waals surface area contributed by atoms with Crippen LogP contribution in [0.2, 0.25) is 0 Å². The summed E-state index contributed by atoms with van der Waals surface area (Å²) in [6.07, 6.45) is 1.84. The van der Waals surface area contributed by atoms with Crippen molar-refractivity contribution < 1.29 is 4.74 Å². The molecular formula is C23H23N5O. The molecule has 4 aromatic rings. The van der Waals surface area contributed by atoms with Crippen molar-refractivity contribution >= 4 is 28.1 Å². The Labute approximate surface area is 169 Å². The van der Waals surface area contributed by atoms with Crippen LogP contribution in [-0.2, 0) is 4.74 Å². The van der Waals surface area contributed by atoms with Crippen LogP contribution in [-0.4, -0.2) is 41.5 Å². The van der Waals surface area contributed by atoms with Crippen molar-refractivity contribution in [3.8, 4) is 11.3 Å². The third kappa shape index (κ3) is 3.79. The molecule has 146 valence electrons. The molecule has 6 heteroatoms. The van der Waals surface area contributed by atoms with Crippen LogP contribution in [0.4, 0.5) is 17.2 Å². The number of hydrogen-bond donors (Lipinski definition) is 2. The number of morpholine rings is 1. The fourth-order valence-corrected chi connectivity index (χ4v) is 3.68. The smallest absolute Gasteiger partial charge is 0.131 e. The largest absolute Gasteiger partial charge is 0.378 e. The van der Waals surface area contributed by atoms with Gasteiger partial charge in [-0.2, -0.15) is 5.10 Å². The van der Waals surface area contributed by atoms with Crippen LogP contribution in [0.1, 0.15) is 5.56 Å². The first-order chi connectivity index (χ1) is 14.2. The molecule has 6 nitrogen and oxygen atoms in total. The molecule has 0 unspecified atom stereocenters. The second kappa shape index (κ2) is 7.56. The first-order valence-electron chi connectivity index (χ1n) is 9.87. The molecule has 2 aromatic heterocycles. The maximum absolute atomic E-state index is 5.52. The van der Waals surface area contributed by atoms with E-state index in [4.69, 9.17) is 9.72 Å². The van der Waals surface area contributed by atoms with E-state index in [1.807, 2.05) is 12.3 Å². The summed E-state index contributed by atoms with van der Waals surface area (Å²) < 4.78 is 5.52. The Morgan fingerprint density at radius 1 is 1.00 bits per heavy atom. The number of H-pyrrole nitrogens is 1. The predicted octanol–water partition coefficient (Wildman–Crippen LogP) is 4.51. The summed E-state index contributed by atoms with van der Waals surface area (Å²) in [5, 5.41) is 11.7. The second-order valence-electron chi connectivity index (χ2n) is 7.37. The third-order valence-corrected chi connectivity index (χ3v) is 5.19. The molecule has 0 bridgehead atoms. The van der Waals surface area contributed by atoms with Crippen LogP contribution in [0.15, 0.2) is 60.8 Å². The van der Waals surface area contributed by atoms with Gasteiger partial charge in [-0.25, -0.2) is 4.98 Å². The molecule has 1 saturated heterocycles. The monoisotopic (exact) mass is 385 g/mol. The number of hydrogen-bond acceptors (Lipinski definition) is 5. The van der Waals surface area contributed by atoms with Gasteiger partial charge < -0.3 is 15.0 Å². The molecule has 2 N–H and O–H groups in total. The molecule has 1 aliphatic rings. The van der Waals surface area contributed by atoms with Crippen molar-refractivity contribution in [3.05, 3.63) is 66.4 Å². The minimum absolute atomic E-state index is 0.732. The number of aromatic amines is 1. The molecule has 1 aliphatic heterocycles.